The van der Waals surface area contributed by atoms with Crippen molar-refractivity contribution in [3.05, 3.63) is 119 Å². The summed E-state index contributed by atoms with van der Waals surface area (Å²) in [5, 5.41) is 3.03. The Morgan fingerprint density at radius 2 is 1.41 bits per heavy atom. The minimum absolute atomic E-state index is 0.124. The second-order valence-corrected chi connectivity index (χ2v) is 9.43. The van der Waals surface area contributed by atoms with Crippen LogP contribution in [-0.2, 0) is 0 Å². The van der Waals surface area contributed by atoms with Gasteiger partial charge in [0, 0.05) is 18.8 Å². The van der Waals surface area contributed by atoms with E-state index in [4.69, 9.17) is 0 Å². The van der Waals surface area contributed by atoms with Crippen LogP contribution in [0.4, 0.5) is 11.4 Å². The van der Waals surface area contributed by atoms with Gasteiger partial charge in [-0.15, -0.1) is 0 Å². The van der Waals surface area contributed by atoms with Crippen molar-refractivity contribution in [3.63, 3.8) is 0 Å². The molecular weight excluding hydrogens is 458 g/mol. The van der Waals surface area contributed by atoms with Crippen molar-refractivity contribution in [3.8, 4) is 11.1 Å². The quantitative estimate of drug-likeness (QED) is 0.309. The van der Waals surface area contributed by atoms with Gasteiger partial charge in [0.1, 0.15) is 0 Å². The zero-order chi connectivity index (χ0) is 26.5. The van der Waals surface area contributed by atoms with Gasteiger partial charge in [0.2, 0.25) is 0 Å². The SMILES string of the molecule is Cc1cccc(-c2ccccc2)c1C(=O)Nc1ccccc1C(=O)N(C)c1ccccc1C(C)N(C)C. The van der Waals surface area contributed by atoms with Crippen molar-refractivity contribution in [2.45, 2.75) is 19.9 Å². The van der Waals surface area contributed by atoms with E-state index in [0.717, 1.165) is 27.9 Å². The summed E-state index contributed by atoms with van der Waals surface area (Å²) in [5.74, 6) is -0.441. The van der Waals surface area contributed by atoms with Gasteiger partial charge in [-0.3, -0.25) is 9.59 Å². The van der Waals surface area contributed by atoms with Crippen molar-refractivity contribution >= 4 is 23.2 Å². The lowest BCUT2D eigenvalue weighted by molar-refractivity contribution is 0.0993. The smallest absolute Gasteiger partial charge is 0.260 e. The maximum Gasteiger partial charge on any atom is 0.260 e. The Kier molecular flexibility index (Phi) is 7.85. The first-order valence-electron chi connectivity index (χ1n) is 12.4. The zero-order valence-electron chi connectivity index (χ0n) is 22.0. The first-order valence-corrected chi connectivity index (χ1v) is 12.4. The van der Waals surface area contributed by atoms with Crippen LogP contribution in [-0.4, -0.2) is 37.9 Å². The highest BCUT2D eigenvalue weighted by atomic mass is 16.2. The molecule has 0 radical (unpaired) electrons. The van der Waals surface area contributed by atoms with Gasteiger partial charge in [0.15, 0.2) is 0 Å². The number of para-hydroxylation sites is 2. The number of carbonyl (C=O) groups is 2. The molecule has 0 spiro atoms. The van der Waals surface area contributed by atoms with Gasteiger partial charge >= 0.3 is 0 Å². The standard InChI is InChI=1S/C32H33N3O2/c1-22-14-13-19-26(24-15-7-6-8-16-24)30(22)31(36)33-28-20-11-9-18-27(28)32(37)35(5)29-21-12-10-17-25(29)23(2)34(3)4/h6-21,23H,1-5H3,(H,33,36). The molecule has 0 saturated carbocycles. The molecule has 0 fully saturated rings. The van der Waals surface area contributed by atoms with Crippen molar-refractivity contribution in [2.24, 2.45) is 0 Å². The summed E-state index contributed by atoms with van der Waals surface area (Å²) in [5.41, 5.74) is 6.07. The normalized spacial score (nSPS) is 11.7. The van der Waals surface area contributed by atoms with E-state index in [1.807, 2.05) is 106 Å². The monoisotopic (exact) mass is 491 g/mol. The number of hydrogen-bond donors (Lipinski definition) is 1. The van der Waals surface area contributed by atoms with Crippen molar-refractivity contribution in [1.82, 2.24) is 4.90 Å². The van der Waals surface area contributed by atoms with Crippen molar-refractivity contribution in [2.75, 3.05) is 31.4 Å². The molecule has 1 atom stereocenters. The third-order valence-electron chi connectivity index (χ3n) is 6.82. The number of nitrogens with zero attached hydrogens (tertiary/aromatic N) is 2. The van der Waals surface area contributed by atoms with Crippen molar-refractivity contribution < 1.29 is 9.59 Å². The second kappa shape index (κ2) is 11.2. The molecule has 5 heteroatoms. The van der Waals surface area contributed by atoms with Crippen LogP contribution in [0.25, 0.3) is 11.1 Å². The van der Waals surface area contributed by atoms with Gasteiger partial charge in [0.05, 0.1) is 16.8 Å². The number of hydrogen-bond acceptors (Lipinski definition) is 3. The highest BCUT2D eigenvalue weighted by molar-refractivity contribution is 6.15. The first kappa shape index (κ1) is 25.9. The van der Waals surface area contributed by atoms with E-state index in [1.54, 1.807) is 24.1 Å². The van der Waals surface area contributed by atoms with Crippen LogP contribution in [0, 0.1) is 6.92 Å². The molecule has 188 valence electrons. The molecule has 0 saturated heterocycles. The average Bonchev–Trinajstić information content (AvgIpc) is 2.92. The van der Waals surface area contributed by atoms with E-state index in [-0.39, 0.29) is 17.9 Å². The molecule has 4 aromatic carbocycles. The zero-order valence-corrected chi connectivity index (χ0v) is 22.0. The highest BCUT2D eigenvalue weighted by Crippen LogP contribution is 2.31. The molecule has 0 aromatic heterocycles. The summed E-state index contributed by atoms with van der Waals surface area (Å²) in [6.45, 7) is 4.03. The number of aryl methyl sites for hydroxylation is 1. The molecule has 2 amide bonds. The summed E-state index contributed by atoms with van der Waals surface area (Å²) in [6, 6.07) is 30.9. The van der Waals surface area contributed by atoms with Crippen LogP contribution in [0.5, 0.6) is 0 Å². The number of amides is 2. The lowest BCUT2D eigenvalue weighted by Crippen LogP contribution is -2.30. The Bertz CT molecular complexity index is 1410. The van der Waals surface area contributed by atoms with Gasteiger partial charge in [-0.2, -0.15) is 0 Å². The Morgan fingerprint density at radius 1 is 0.757 bits per heavy atom. The van der Waals surface area contributed by atoms with Crippen LogP contribution < -0.4 is 10.2 Å². The molecule has 0 bridgehead atoms. The molecule has 0 heterocycles. The topological polar surface area (TPSA) is 52.7 Å². The molecule has 4 aromatic rings. The fourth-order valence-corrected chi connectivity index (χ4v) is 4.51. The third-order valence-corrected chi connectivity index (χ3v) is 6.82. The summed E-state index contributed by atoms with van der Waals surface area (Å²) in [7, 11) is 5.81. The minimum Gasteiger partial charge on any atom is -0.321 e. The second-order valence-electron chi connectivity index (χ2n) is 9.43. The van der Waals surface area contributed by atoms with Gasteiger partial charge < -0.3 is 15.1 Å². The van der Waals surface area contributed by atoms with Crippen LogP contribution in [0.1, 0.15) is 44.8 Å². The van der Waals surface area contributed by atoms with E-state index in [1.165, 1.54) is 0 Å². The largest absolute Gasteiger partial charge is 0.321 e. The predicted octanol–water partition coefficient (Wildman–Crippen LogP) is 6.81. The van der Waals surface area contributed by atoms with Crippen molar-refractivity contribution in [1.29, 1.82) is 0 Å². The van der Waals surface area contributed by atoms with E-state index in [2.05, 4.69) is 17.1 Å². The van der Waals surface area contributed by atoms with E-state index in [9.17, 15) is 9.59 Å². The molecule has 0 aliphatic carbocycles. The number of benzene rings is 4. The maximum absolute atomic E-state index is 13.7. The lowest BCUT2D eigenvalue weighted by Gasteiger charge is -2.27. The Morgan fingerprint density at radius 3 is 2.14 bits per heavy atom. The molecule has 5 nitrogen and oxygen atoms in total. The molecule has 4 rings (SSSR count). The van der Waals surface area contributed by atoms with E-state index in [0.29, 0.717) is 16.8 Å². The van der Waals surface area contributed by atoms with Gasteiger partial charge in [0.25, 0.3) is 11.8 Å². The van der Waals surface area contributed by atoms with E-state index < -0.39 is 0 Å². The fraction of sp³-hybridized carbons (Fsp3) is 0.188. The number of carbonyl (C=O) groups excluding carboxylic acids is 2. The Labute approximate surface area is 219 Å². The third kappa shape index (κ3) is 5.47. The van der Waals surface area contributed by atoms with Gasteiger partial charge in [-0.05, 0) is 68.4 Å². The lowest BCUT2D eigenvalue weighted by atomic mass is 9.95. The molecule has 1 N–H and O–H groups in total. The van der Waals surface area contributed by atoms with E-state index >= 15 is 0 Å². The van der Waals surface area contributed by atoms with Crippen LogP contribution in [0.15, 0.2) is 97.1 Å². The number of rotatable bonds is 7. The van der Waals surface area contributed by atoms with Crippen LogP contribution in [0.3, 0.4) is 0 Å². The average molecular weight is 492 g/mol. The maximum atomic E-state index is 13.7. The summed E-state index contributed by atoms with van der Waals surface area (Å²) in [6.07, 6.45) is 0. The summed E-state index contributed by atoms with van der Waals surface area (Å²) < 4.78 is 0. The van der Waals surface area contributed by atoms with Crippen LogP contribution in [0.2, 0.25) is 0 Å². The van der Waals surface area contributed by atoms with Gasteiger partial charge in [-0.25, -0.2) is 0 Å². The van der Waals surface area contributed by atoms with Crippen LogP contribution >= 0.6 is 0 Å². The number of nitrogens with one attached hydrogen (secondary N) is 1. The Hall–Kier alpha value is -4.22. The molecule has 1 unspecified atom stereocenters. The first-order chi connectivity index (χ1) is 17.8. The molecule has 0 aliphatic heterocycles. The molecule has 0 aliphatic rings. The summed E-state index contributed by atoms with van der Waals surface area (Å²) in [4.78, 5) is 31.1. The van der Waals surface area contributed by atoms with Gasteiger partial charge in [-0.1, -0.05) is 78.9 Å². The highest BCUT2D eigenvalue weighted by Gasteiger charge is 2.23. The summed E-state index contributed by atoms with van der Waals surface area (Å²) >= 11 is 0. The molecular formula is C32H33N3O2. The Balaban J connectivity index is 1.68. The molecule has 37 heavy (non-hydrogen) atoms. The minimum atomic E-state index is -0.249. The number of anilines is 2. The predicted molar refractivity (Wildman–Crippen MR) is 152 cm³/mol. The fourth-order valence-electron chi connectivity index (χ4n) is 4.51.